The highest BCUT2D eigenvalue weighted by molar-refractivity contribution is 8.00. The highest BCUT2D eigenvalue weighted by atomic mass is 32.2. The summed E-state index contributed by atoms with van der Waals surface area (Å²) in [5, 5.41) is -0.442. The molecular formula is C17H23FN2O3S2. The normalized spacial score (nSPS) is 21.2. The van der Waals surface area contributed by atoms with Gasteiger partial charge < -0.3 is 4.90 Å². The quantitative estimate of drug-likeness (QED) is 0.801. The standard InChI is InChI=1S/C17H23FN2O3S2/c1-13(2)25(22,23)19-8-6-17(7-9-19)20(10-11-24-17)16(21)14-4-3-5-15(18)12-14/h3-5,12-13H,6-11H2,1-2H3. The van der Waals surface area contributed by atoms with Crippen molar-refractivity contribution in [2.24, 2.45) is 0 Å². The maximum Gasteiger partial charge on any atom is 0.255 e. The Kier molecular flexibility index (Phi) is 5.14. The molecule has 0 aromatic heterocycles. The van der Waals surface area contributed by atoms with Crippen LogP contribution in [-0.4, -0.2) is 59.0 Å². The number of carbonyl (C=O) groups excluding carboxylic acids is 1. The second-order valence-corrected chi connectivity index (χ2v) is 10.7. The molecule has 2 saturated heterocycles. The van der Waals surface area contributed by atoms with Gasteiger partial charge in [0.1, 0.15) is 5.82 Å². The molecule has 8 heteroatoms. The zero-order chi connectivity index (χ0) is 18.2. The average Bonchev–Trinajstić information content (AvgIpc) is 2.97. The maximum absolute atomic E-state index is 13.5. The number of hydrogen-bond acceptors (Lipinski definition) is 4. The molecule has 0 aliphatic carbocycles. The van der Waals surface area contributed by atoms with Gasteiger partial charge in [0.2, 0.25) is 10.0 Å². The van der Waals surface area contributed by atoms with E-state index in [4.69, 9.17) is 0 Å². The van der Waals surface area contributed by atoms with Gasteiger partial charge in [-0.2, -0.15) is 0 Å². The third kappa shape index (κ3) is 3.44. The molecule has 25 heavy (non-hydrogen) atoms. The number of piperidine rings is 1. The van der Waals surface area contributed by atoms with Gasteiger partial charge in [-0.15, -0.1) is 11.8 Å². The van der Waals surface area contributed by atoms with Crippen LogP contribution in [-0.2, 0) is 10.0 Å². The zero-order valence-electron chi connectivity index (χ0n) is 14.4. The first-order valence-electron chi connectivity index (χ1n) is 8.47. The lowest BCUT2D eigenvalue weighted by Gasteiger charge is -2.44. The summed E-state index contributed by atoms with van der Waals surface area (Å²) in [5.74, 6) is 0.215. The molecular weight excluding hydrogens is 363 g/mol. The fourth-order valence-corrected chi connectivity index (χ4v) is 6.22. The van der Waals surface area contributed by atoms with Gasteiger partial charge >= 0.3 is 0 Å². The molecule has 0 unspecified atom stereocenters. The van der Waals surface area contributed by atoms with Gasteiger partial charge in [0.05, 0.1) is 10.1 Å². The van der Waals surface area contributed by atoms with Crippen LogP contribution < -0.4 is 0 Å². The average molecular weight is 387 g/mol. The second kappa shape index (κ2) is 6.89. The van der Waals surface area contributed by atoms with Gasteiger partial charge in [0, 0.05) is 31.0 Å². The number of amides is 1. The minimum Gasteiger partial charge on any atom is -0.323 e. The number of thioether (sulfide) groups is 1. The van der Waals surface area contributed by atoms with E-state index < -0.39 is 21.1 Å². The van der Waals surface area contributed by atoms with Crippen molar-refractivity contribution >= 4 is 27.7 Å². The molecule has 2 heterocycles. The first-order chi connectivity index (χ1) is 11.8. The van der Waals surface area contributed by atoms with Crippen molar-refractivity contribution in [1.82, 2.24) is 9.21 Å². The van der Waals surface area contributed by atoms with Gasteiger partial charge in [-0.05, 0) is 44.9 Å². The fourth-order valence-electron chi connectivity index (χ4n) is 3.48. The van der Waals surface area contributed by atoms with E-state index in [0.717, 1.165) is 5.75 Å². The maximum atomic E-state index is 13.5. The highest BCUT2D eigenvalue weighted by Gasteiger charge is 2.48. The number of rotatable bonds is 3. The van der Waals surface area contributed by atoms with E-state index in [0.29, 0.717) is 38.0 Å². The van der Waals surface area contributed by atoms with Crippen molar-refractivity contribution in [2.45, 2.75) is 36.8 Å². The molecule has 1 aromatic carbocycles. The van der Waals surface area contributed by atoms with E-state index in [1.165, 1.54) is 22.5 Å². The van der Waals surface area contributed by atoms with E-state index in [1.54, 1.807) is 31.7 Å². The SMILES string of the molecule is CC(C)S(=O)(=O)N1CCC2(CC1)SCCN2C(=O)c1cccc(F)c1. The van der Waals surface area contributed by atoms with Gasteiger partial charge in [0.15, 0.2) is 0 Å². The van der Waals surface area contributed by atoms with Crippen molar-refractivity contribution in [3.8, 4) is 0 Å². The summed E-state index contributed by atoms with van der Waals surface area (Å²) in [6.45, 7) is 4.81. The number of nitrogens with zero attached hydrogens (tertiary/aromatic N) is 2. The summed E-state index contributed by atoms with van der Waals surface area (Å²) in [4.78, 5) is 14.3. The van der Waals surface area contributed by atoms with Crippen molar-refractivity contribution in [1.29, 1.82) is 0 Å². The zero-order valence-corrected chi connectivity index (χ0v) is 16.1. The Morgan fingerprint density at radius 1 is 1.24 bits per heavy atom. The summed E-state index contributed by atoms with van der Waals surface area (Å²) >= 11 is 1.71. The second-order valence-electron chi connectivity index (χ2n) is 6.75. The Bertz CT molecular complexity index is 759. The van der Waals surface area contributed by atoms with Gasteiger partial charge in [-0.1, -0.05) is 6.07 Å². The number of carbonyl (C=O) groups is 1. The summed E-state index contributed by atoms with van der Waals surface area (Å²) in [6.07, 6.45) is 1.20. The molecule has 138 valence electrons. The largest absolute Gasteiger partial charge is 0.323 e. The van der Waals surface area contributed by atoms with Crippen molar-refractivity contribution in [2.75, 3.05) is 25.4 Å². The van der Waals surface area contributed by atoms with E-state index in [2.05, 4.69) is 0 Å². The molecule has 0 atom stereocenters. The molecule has 1 aromatic rings. The highest BCUT2D eigenvalue weighted by Crippen LogP contribution is 2.45. The monoisotopic (exact) mass is 386 g/mol. The minimum absolute atomic E-state index is 0.176. The van der Waals surface area contributed by atoms with Crippen LogP contribution in [0.25, 0.3) is 0 Å². The fraction of sp³-hybridized carbons (Fsp3) is 0.588. The third-order valence-corrected chi connectivity index (χ3v) is 8.78. The van der Waals surface area contributed by atoms with Gasteiger partial charge in [-0.3, -0.25) is 4.79 Å². The predicted molar refractivity (Wildman–Crippen MR) is 97.5 cm³/mol. The molecule has 0 N–H and O–H groups in total. The topological polar surface area (TPSA) is 57.7 Å². The Hall–Kier alpha value is -1.12. The number of halogens is 1. The van der Waals surface area contributed by atoms with Crippen LogP contribution in [0.2, 0.25) is 0 Å². The van der Waals surface area contributed by atoms with Crippen LogP contribution in [0.5, 0.6) is 0 Å². The predicted octanol–water partition coefficient (Wildman–Crippen LogP) is 2.55. The van der Waals surface area contributed by atoms with Gasteiger partial charge in [-0.25, -0.2) is 17.1 Å². The minimum atomic E-state index is -3.27. The lowest BCUT2D eigenvalue weighted by Crippen LogP contribution is -2.54. The number of sulfonamides is 1. The van der Waals surface area contributed by atoms with E-state index >= 15 is 0 Å². The lowest BCUT2D eigenvalue weighted by atomic mass is 10.0. The molecule has 1 spiro atoms. The molecule has 3 rings (SSSR count). The number of benzene rings is 1. The first-order valence-corrected chi connectivity index (χ1v) is 11.0. The van der Waals surface area contributed by atoms with Crippen LogP contribution in [0.1, 0.15) is 37.0 Å². The molecule has 2 fully saturated rings. The smallest absolute Gasteiger partial charge is 0.255 e. The summed E-state index contributed by atoms with van der Waals surface area (Å²) in [7, 11) is -3.27. The van der Waals surface area contributed by atoms with Gasteiger partial charge in [0.25, 0.3) is 5.91 Å². The molecule has 1 amide bonds. The third-order valence-electron chi connectivity index (χ3n) is 4.95. The Morgan fingerprint density at radius 3 is 2.52 bits per heavy atom. The van der Waals surface area contributed by atoms with E-state index in [1.807, 2.05) is 4.90 Å². The number of hydrogen-bond donors (Lipinski definition) is 0. The summed E-state index contributed by atoms with van der Waals surface area (Å²) < 4.78 is 39.7. The van der Waals surface area contributed by atoms with E-state index in [-0.39, 0.29) is 10.8 Å². The summed E-state index contributed by atoms with van der Waals surface area (Å²) in [5.41, 5.74) is 0.346. The van der Waals surface area contributed by atoms with Crippen molar-refractivity contribution in [3.05, 3.63) is 35.6 Å². The van der Waals surface area contributed by atoms with Crippen LogP contribution in [0, 0.1) is 5.82 Å². The van der Waals surface area contributed by atoms with Crippen LogP contribution in [0.15, 0.2) is 24.3 Å². The van der Waals surface area contributed by atoms with Crippen molar-refractivity contribution < 1.29 is 17.6 Å². The first kappa shape index (κ1) is 18.7. The molecule has 0 radical (unpaired) electrons. The van der Waals surface area contributed by atoms with Crippen LogP contribution in [0.4, 0.5) is 4.39 Å². The molecule has 0 bridgehead atoms. The molecule has 2 aliphatic rings. The Balaban J connectivity index is 1.77. The molecule has 0 saturated carbocycles. The van der Waals surface area contributed by atoms with E-state index in [9.17, 15) is 17.6 Å². The molecule has 5 nitrogen and oxygen atoms in total. The van der Waals surface area contributed by atoms with Crippen molar-refractivity contribution in [3.63, 3.8) is 0 Å². The summed E-state index contributed by atoms with van der Waals surface area (Å²) in [6, 6.07) is 5.74. The van der Waals surface area contributed by atoms with Crippen LogP contribution >= 0.6 is 11.8 Å². The Morgan fingerprint density at radius 2 is 1.92 bits per heavy atom. The lowest BCUT2D eigenvalue weighted by molar-refractivity contribution is 0.0604. The Labute approximate surface area is 152 Å². The molecule has 2 aliphatic heterocycles. The van der Waals surface area contributed by atoms with Crippen LogP contribution in [0.3, 0.4) is 0 Å².